The SMILES string of the molecule is CCCCCCCCCOC(=O)CCCCCC(CCCCCC(=O)OC(CCCCCCCC)CCCCCCCC)NCC1COC1. The highest BCUT2D eigenvalue weighted by Gasteiger charge is 2.20. The van der Waals surface area contributed by atoms with Crippen molar-refractivity contribution in [1.82, 2.24) is 5.32 Å². The Labute approximate surface area is 304 Å². The van der Waals surface area contributed by atoms with E-state index in [9.17, 15) is 9.59 Å². The summed E-state index contributed by atoms with van der Waals surface area (Å²) in [5.41, 5.74) is 0. The van der Waals surface area contributed by atoms with E-state index in [1.807, 2.05) is 0 Å². The molecule has 290 valence electrons. The van der Waals surface area contributed by atoms with Gasteiger partial charge in [0, 0.05) is 31.3 Å². The summed E-state index contributed by atoms with van der Waals surface area (Å²) in [5, 5.41) is 3.81. The number of hydrogen-bond donors (Lipinski definition) is 1. The van der Waals surface area contributed by atoms with Gasteiger partial charge in [0.25, 0.3) is 0 Å². The minimum atomic E-state index is -0.0275. The Bertz CT molecular complexity index is 711. The van der Waals surface area contributed by atoms with Crippen molar-refractivity contribution in [2.75, 3.05) is 26.4 Å². The summed E-state index contributed by atoms with van der Waals surface area (Å²) < 4.78 is 16.9. The van der Waals surface area contributed by atoms with E-state index in [4.69, 9.17) is 14.2 Å². The van der Waals surface area contributed by atoms with Gasteiger partial charge in [-0.2, -0.15) is 0 Å². The standard InChI is InChI=1S/C43H83NO5/c1-4-7-10-13-16-19-28-35-48-42(45)33-26-20-22-29-40(44-36-39-37-47-38-39)30-23-21-27-34-43(46)49-41(31-24-17-14-11-8-5-2)32-25-18-15-12-9-6-3/h39-41,44H,4-38H2,1-3H3. The molecule has 0 aliphatic carbocycles. The van der Waals surface area contributed by atoms with E-state index >= 15 is 0 Å². The van der Waals surface area contributed by atoms with Gasteiger partial charge in [0.2, 0.25) is 0 Å². The molecule has 1 unspecified atom stereocenters. The van der Waals surface area contributed by atoms with Crippen molar-refractivity contribution in [3.8, 4) is 0 Å². The van der Waals surface area contributed by atoms with Crippen LogP contribution < -0.4 is 5.32 Å². The molecule has 1 heterocycles. The van der Waals surface area contributed by atoms with Crippen LogP contribution in [0.2, 0.25) is 0 Å². The molecule has 0 saturated carbocycles. The van der Waals surface area contributed by atoms with E-state index < -0.39 is 0 Å². The van der Waals surface area contributed by atoms with Gasteiger partial charge in [0.15, 0.2) is 0 Å². The van der Waals surface area contributed by atoms with Crippen LogP contribution in [0.4, 0.5) is 0 Å². The number of nitrogens with one attached hydrogen (secondary N) is 1. The highest BCUT2D eigenvalue weighted by atomic mass is 16.5. The fourth-order valence-electron chi connectivity index (χ4n) is 6.89. The molecular weight excluding hydrogens is 610 g/mol. The number of ether oxygens (including phenoxy) is 3. The molecular formula is C43H83NO5. The lowest BCUT2D eigenvalue weighted by molar-refractivity contribution is -0.150. The maximum Gasteiger partial charge on any atom is 0.306 e. The zero-order valence-electron chi connectivity index (χ0n) is 33.0. The van der Waals surface area contributed by atoms with Crippen molar-refractivity contribution in [3.63, 3.8) is 0 Å². The van der Waals surface area contributed by atoms with Gasteiger partial charge in [-0.15, -0.1) is 0 Å². The average molecular weight is 694 g/mol. The summed E-state index contributed by atoms with van der Waals surface area (Å²) >= 11 is 0. The highest BCUT2D eigenvalue weighted by Crippen LogP contribution is 2.19. The molecule has 0 amide bonds. The minimum Gasteiger partial charge on any atom is -0.466 e. The van der Waals surface area contributed by atoms with Crippen LogP contribution in [0.15, 0.2) is 0 Å². The van der Waals surface area contributed by atoms with Gasteiger partial charge in [-0.3, -0.25) is 9.59 Å². The molecule has 0 bridgehead atoms. The minimum absolute atomic E-state index is 0.0163. The van der Waals surface area contributed by atoms with Crippen LogP contribution in [-0.4, -0.2) is 50.4 Å². The first-order valence-electron chi connectivity index (χ1n) is 21.7. The molecule has 1 atom stereocenters. The molecule has 6 nitrogen and oxygen atoms in total. The number of carbonyl (C=O) groups is 2. The van der Waals surface area contributed by atoms with Gasteiger partial charge in [0.1, 0.15) is 6.10 Å². The van der Waals surface area contributed by atoms with Crippen molar-refractivity contribution in [3.05, 3.63) is 0 Å². The highest BCUT2D eigenvalue weighted by molar-refractivity contribution is 5.69. The smallest absolute Gasteiger partial charge is 0.306 e. The third-order valence-electron chi connectivity index (χ3n) is 10.3. The van der Waals surface area contributed by atoms with E-state index in [0.717, 1.165) is 90.4 Å². The third kappa shape index (κ3) is 30.2. The summed E-state index contributed by atoms with van der Waals surface area (Å²) in [6, 6.07) is 0.496. The zero-order valence-corrected chi connectivity index (χ0v) is 33.0. The van der Waals surface area contributed by atoms with Crippen LogP contribution in [0.5, 0.6) is 0 Å². The van der Waals surface area contributed by atoms with E-state index in [2.05, 4.69) is 26.1 Å². The van der Waals surface area contributed by atoms with Crippen molar-refractivity contribution in [2.45, 2.75) is 232 Å². The molecule has 1 fully saturated rings. The second-order valence-electron chi connectivity index (χ2n) is 15.3. The molecule has 1 aliphatic rings. The molecule has 0 radical (unpaired) electrons. The largest absolute Gasteiger partial charge is 0.466 e. The normalized spacial score (nSPS) is 13.9. The number of hydrogen-bond acceptors (Lipinski definition) is 6. The van der Waals surface area contributed by atoms with Gasteiger partial charge >= 0.3 is 11.9 Å². The maximum absolute atomic E-state index is 12.8. The lowest BCUT2D eigenvalue weighted by Crippen LogP contribution is -2.41. The predicted molar refractivity (Wildman–Crippen MR) is 207 cm³/mol. The second kappa shape index (κ2) is 35.3. The Morgan fingerprint density at radius 3 is 1.47 bits per heavy atom. The van der Waals surface area contributed by atoms with Gasteiger partial charge in [0.05, 0.1) is 19.8 Å². The van der Waals surface area contributed by atoms with Crippen molar-refractivity contribution < 1.29 is 23.8 Å². The lowest BCUT2D eigenvalue weighted by Gasteiger charge is -2.29. The Morgan fingerprint density at radius 2 is 0.980 bits per heavy atom. The summed E-state index contributed by atoms with van der Waals surface area (Å²) in [5.74, 6) is 0.631. The quantitative estimate of drug-likeness (QED) is 0.0512. The summed E-state index contributed by atoms with van der Waals surface area (Å²) in [7, 11) is 0. The van der Waals surface area contributed by atoms with E-state index in [1.165, 1.54) is 116 Å². The predicted octanol–water partition coefficient (Wildman–Crippen LogP) is 12.2. The van der Waals surface area contributed by atoms with Crippen LogP contribution >= 0.6 is 0 Å². The monoisotopic (exact) mass is 694 g/mol. The van der Waals surface area contributed by atoms with Gasteiger partial charge in [-0.05, 0) is 57.8 Å². The van der Waals surface area contributed by atoms with E-state index in [-0.39, 0.29) is 18.0 Å². The topological polar surface area (TPSA) is 73.9 Å². The first-order chi connectivity index (χ1) is 24.1. The lowest BCUT2D eigenvalue weighted by atomic mass is 9.99. The van der Waals surface area contributed by atoms with E-state index in [1.54, 1.807) is 0 Å². The molecule has 1 aliphatic heterocycles. The first-order valence-corrected chi connectivity index (χ1v) is 21.7. The van der Waals surface area contributed by atoms with Crippen molar-refractivity contribution >= 4 is 11.9 Å². The first kappa shape index (κ1) is 45.9. The van der Waals surface area contributed by atoms with Crippen LogP contribution in [0.1, 0.15) is 220 Å². The van der Waals surface area contributed by atoms with Crippen LogP contribution in [-0.2, 0) is 23.8 Å². The molecule has 1 rings (SSSR count). The fourth-order valence-corrected chi connectivity index (χ4v) is 6.89. The summed E-state index contributed by atoms with van der Waals surface area (Å²) in [6.45, 7) is 10.1. The third-order valence-corrected chi connectivity index (χ3v) is 10.3. The zero-order chi connectivity index (χ0) is 35.5. The Kier molecular flexibility index (Phi) is 33.0. The Morgan fingerprint density at radius 1 is 0.551 bits per heavy atom. The molecule has 0 aromatic rings. The van der Waals surface area contributed by atoms with Gasteiger partial charge in [-0.1, -0.05) is 149 Å². The van der Waals surface area contributed by atoms with Crippen LogP contribution in [0, 0.1) is 5.92 Å². The molecule has 0 spiro atoms. The maximum atomic E-state index is 12.8. The molecule has 0 aromatic heterocycles. The summed E-state index contributed by atoms with van der Waals surface area (Å²) in [6.07, 6.45) is 35.9. The van der Waals surface area contributed by atoms with Crippen LogP contribution in [0.3, 0.4) is 0 Å². The van der Waals surface area contributed by atoms with Crippen LogP contribution in [0.25, 0.3) is 0 Å². The average Bonchev–Trinajstić information content (AvgIpc) is 3.07. The number of rotatable bonds is 38. The van der Waals surface area contributed by atoms with E-state index in [0.29, 0.717) is 31.4 Å². The molecule has 49 heavy (non-hydrogen) atoms. The second-order valence-corrected chi connectivity index (χ2v) is 15.3. The van der Waals surface area contributed by atoms with Gasteiger partial charge in [-0.25, -0.2) is 0 Å². The Balaban J connectivity index is 2.25. The van der Waals surface area contributed by atoms with Crippen molar-refractivity contribution in [1.29, 1.82) is 0 Å². The summed E-state index contributed by atoms with van der Waals surface area (Å²) in [4.78, 5) is 25.0. The van der Waals surface area contributed by atoms with Gasteiger partial charge < -0.3 is 19.5 Å². The Hall–Kier alpha value is -1.14. The molecule has 0 aromatic carbocycles. The molecule has 6 heteroatoms. The number of unbranched alkanes of at least 4 members (excludes halogenated alkanes) is 20. The van der Waals surface area contributed by atoms with Crippen molar-refractivity contribution in [2.24, 2.45) is 5.92 Å². The molecule has 1 N–H and O–H groups in total. The number of esters is 2. The number of carbonyl (C=O) groups excluding carboxylic acids is 2. The molecule has 1 saturated heterocycles. The fraction of sp³-hybridized carbons (Fsp3) is 0.953.